The van der Waals surface area contributed by atoms with Gasteiger partial charge in [-0.05, 0) is 30.3 Å². The zero-order valence-corrected chi connectivity index (χ0v) is 11.2. The number of nitro benzene ring substituents is 1. The standard InChI is InChI=1S/C13H9ClFN3O3/c14-10-5-7(6-11(12(10)16)18(20)21)13(19)17-9-3-1-8(15)2-4-9/h1-6H,16H2,(H,17,19). The van der Waals surface area contributed by atoms with Gasteiger partial charge >= 0.3 is 0 Å². The van der Waals surface area contributed by atoms with E-state index in [0.717, 1.165) is 6.07 Å². The Bertz CT molecular complexity index is 719. The van der Waals surface area contributed by atoms with Gasteiger partial charge in [0.25, 0.3) is 11.6 Å². The van der Waals surface area contributed by atoms with E-state index in [1.165, 1.54) is 30.3 Å². The molecule has 2 aromatic rings. The molecule has 1 amide bonds. The first-order valence-electron chi connectivity index (χ1n) is 5.69. The molecule has 0 saturated heterocycles. The van der Waals surface area contributed by atoms with Crippen LogP contribution in [-0.4, -0.2) is 10.8 Å². The van der Waals surface area contributed by atoms with E-state index in [1.54, 1.807) is 0 Å². The number of amides is 1. The zero-order valence-electron chi connectivity index (χ0n) is 10.5. The van der Waals surface area contributed by atoms with Gasteiger partial charge in [-0.3, -0.25) is 14.9 Å². The van der Waals surface area contributed by atoms with E-state index >= 15 is 0 Å². The molecular formula is C13H9ClFN3O3. The number of nitrogens with one attached hydrogen (secondary N) is 1. The fraction of sp³-hybridized carbons (Fsp3) is 0. The van der Waals surface area contributed by atoms with Crippen LogP contribution in [0.5, 0.6) is 0 Å². The fourth-order valence-electron chi connectivity index (χ4n) is 1.62. The summed E-state index contributed by atoms with van der Waals surface area (Å²) >= 11 is 5.77. The van der Waals surface area contributed by atoms with E-state index in [9.17, 15) is 19.3 Å². The summed E-state index contributed by atoms with van der Waals surface area (Å²) in [5.74, 6) is -1.06. The van der Waals surface area contributed by atoms with Gasteiger partial charge in [0, 0.05) is 17.3 Å². The summed E-state index contributed by atoms with van der Waals surface area (Å²) in [6.45, 7) is 0. The second kappa shape index (κ2) is 5.76. The Morgan fingerprint density at radius 3 is 2.48 bits per heavy atom. The van der Waals surface area contributed by atoms with E-state index < -0.39 is 22.3 Å². The maximum Gasteiger partial charge on any atom is 0.294 e. The predicted octanol–water partition coefficient (Wildman–Crippen LogP) is 3.22. The van der Waals surface area contributed by atoms with Gasteiger partial charge in [-0.2, -0.15) is 0 Å². The SMILES string of the molecule is Nc1c(Cl)cc(C(=O)Nc2ccc(F)cc2)cc1[N+](=O)[O-]. The van der Waals surface area contributed by atoms with Crippen LogP contribution in [0.1, 0.15) is 10.4 Å². The van der Waals surface area contributed by atoms with Crippen LogP contribution in [0.15, 0.2) is 36.4 Å². The summed E-state index contributed by atoms with van der Waals surface area (Å²) in [6.07, 6.45) is 0. The quantitative estimate of drug-likeness (QED) is 0.516. The number of nitrogens with zero attached hydrogens (tertiary/aromatic N) is 1. The number of nitro groups is 1. The van der Waals surface area contributed by atoms with Gasteiger partial charge in [-0.25, -0.2) is 4.39 Å². The maximum absolute atomic E-state index is 12.8. The number of anilines is 2. The molecule has 21 heavy (non-hydrogen) atoms. The number of benzene rings is 2. The van der Waals surface area contributed by atoms with Crippen molar-refractivity contribution in [1.82, 2.24) is 0 Å². The number of carbonyl (C=O) groups excluding carboxylic acids is 1. The highest BCUT2D eigenvalue weighted by Crippen LogP contribution is 2.31. The lowest BCUT2D eigenvalue weighted by molar-refractivity contribution is -0.383. The molecule has 2 rings (SSSR count). The van der Waals surface area contributed by atoms with Crippen molar-refractivity contribution in [1.29, 1.82) is 0 Å². The van der Waals surface area contributed by atoms with E-state index in [4.69, 9.17) is 17.3 Å². The summed E-state index contributed by atoms with van der Waals surface area (Å²) in [5.41, 5.74) is 5.14. The first kappa shape index (κ1) is 14.7. The third-order valence-electron chi connectivity index (χ3n) is 2.67. The minimum atomic E-state index is -0.726. The highest BCUT2D eigenvalue weighted by Gasteiger charge is 2.19. The smallest absolute Gasteiger partial charge is 0.294 e. The Labute approximate surface area is 123 Å². The third kappa shape index (κ3) is 3.26. The molecule has 0 radical (unpaired) electrons. The molecule has 0 saturated carbocycles. The number of hydrogen-bond acceptors (Lipinski definition) is 4. The largest absolute Gasteiger partial charge is 0.392 e. The predicted molar refractivity (Wildman–Crippen MR) is 76.9 cm³/mol. The summed E-state index contributed by atoms with van der Waals surface area (Å²) in [7, 11) is 0. The summed E-state index contributed by atoms with van der Waals surface area (Å²) < 4.78 is 12.8. The van der Waals surface area contributed by atoms with Gasteiger partial charge in [0.1, 0.15) is 11.5 Å². The number of hydrogen-bond donors (Lipinski definition) is 2. The van der Waals surface area contributed by atoms with Crippen LogP contribution in [0.25, 0.3) is 0 Å². The highest BCUT2D eigenvalue weighted by atomic mass is 35.5. The van der Waals surface area contributed by atoms with E-state index in [-0.39, 0.29) is 16.3 Å². The van der Waals surface area contributed by atoms with Gasteiger partial charge in [0.05, 0.1) is 9.95 Å². The van der Waals surface area contributed by atoms with Gasteiger partial charge in [0.15, 0.2) is 0 Å². The van der Waals surface area contributed by atoms with Crippen molar-refractivity contribution in [2.75, 3.05) is 11.1 Å². The Balaban J connectivity index is 2.31. The molecule has 6 nitrogen and oxygen atoms in total. The molecule has 0 bridgehead atoms. The molecule has 0 fully saturated rings. The molecular weight excluding hydrogens is 301 g/mol. The normalized spacial score (nSPS) is 10.2. The van der Waals surface area contributed by atoms with Gasteiger partial charge in [-0.15, -0.1) is 0 Å². The lowest BCUT2D eigenvalue weighted by Gasteiger charge is -2.07. The molecule has 2 aromatic carbocycles. The Kier molecular flexibility index (Phi) is 4.04. The van der Waals surface area contributed by atoms with Gasteiger partial charge < -0.3 is 11.1 Å². The molecule has 8 heteroatoms. The molecule has 3 N–H and O–H groups in total. The van der Waals surface area contributed by atoms with Crippen LogP contribution in [0.3, 0.4) is 0 Å². The Hall–Kier alpha value is -2.67. The summed E-state index contributed by atoms with van der Waals surface area (Å²) in [4.78, 5) is 22.1. The lowest BCUT2D eigenvalue weighted by atomic mass is 10.1. The Morgan fingerprint density at radius 2 is 1.90 bits per heavy atom. The topological polar surface area (TPSA) is 98.3 Å². The number of nitrogen functional groups attached to an aromatic ring is 1. The second-order valence-corrected chi connectivity index (χ2v) is 4.52. The zero-order chi connectivity index (χ0) is 15.6. The first-order valence-corrected chi connectivity index (χ1v) is 6.06. The highest BCUT2D eigenvalue weighted by molar-refractivity contribution is 6.34. The van der Waals surface area contributed by atoms with Crippen molar-refractivity contribution in [3.05, 3.63) is 62.9 Å². The minimum absolute atomic E-state index is 0.0229. The summed E-state index contributed by atoms with van der Waals surface area (Å²) in [5, 5.41) is 13.2. The monoisotopic (exact) mass is 309 g/mol. The molecule has 0 atom stereocenters. The average Bonchev–Trinajstić information content (AvgIpc) is 2.43. The van der Waals surface area contributed by atoms with Crippen molar-refractivity contribution in [3.8, 4) is 0 Å². The van der Waals surface area contributed by atoms with Crippen molar-refractivity contribution in [3.63, 3.8) is 0 Å². The first-order chi connectivity index (χ1) is 9.88. The van der Waals surface area contributed by atoms with E-state index in [0.29, 0.717) is 5.69 Å². The van der Waals surface area contributed by atoms with Crippen molar-refractivity contribution < 1.29 is 14.1 Å². The van der Waals surface area contributed by atoms with Crippen molar-refractivity contribution in [2.45, 2.75) is 0 Å². The van der Waals surface area contributed by atoms with Gasteiger partial charge in [0.2, 0.25) is 0 Å². The van der Waals surface area contributed by atoms with Crippen LogP contribution in [0, 0.1) is 15.9 Å². The second-order valence-electron chi connectivity index (χ2n) is 4.11. The van der Waals surface area contributed by atoms with Crippen LogP contribution < -0.4 is 11.1 Å². The lowest BCUT2D eigenvalue weighted by Crippen LogP contribution is -2.12. The number of carbonyl (C=O) groups is 1. The number of rotatable bonds is 3. The fourth-order valence-corrected chi connectivity index (χ4v) is 1.84. The minimum Gasteiger partial charge on any atom is -0.392 e. The third-order valence-corrected chi connectivity index (χ3v) is 2.98. The molecule has 0 aliphatic carbocycles. The van der Waals surface area contributed by atoms with E-state index in [1.807, 2.05) is 0 Å². The van der Waals surface area contributed by atoms with Gasteiger partial charge in [-0.1, -0.05) is 11.6 Å². The Morgan fingerprint density at radius 1 is 1.29 bits per heavy atom. The van der Waals surface area contributed by atoms with Crippen LogP contribution in [0.4, 0.5) is 21.5 Å². The number of nitrogens with two attached hydrogens (primary N) is 1. The molecule has 0 aliphatic rings. The molecule has 0 heterocycles. The van der Waals surface area contributed by atoms with Crippen LogP contribution in [0.2, 0.25) is 5.02 Å². The molecule has 0 spiro atoms. The van der Waals surface area contributed by atoms with Crippen molar-refractivity contribution >= 4 is 34.6 Å². The molecule has 0 unspecified atom stereocenters. The molecule has 0 aromatic heterocycles. The molecule has 0 aliphatic heterocycles. The summed E-state index contributed by atoms with van der Waals surface area (Å²) in [6, 6.07) is 7.33. The molecule has 108 valence electrons. The average molecular weight is 310 g/mol. The van der Waals surface area contributed by atoms with Crippen LogP contribution >= 0.6 is 11.6 Å². The van der Waals surface area contributed by atoms with E-state index in [2.05, 4.69) is 5.32 Å². The number of halogens is 2. The van der Waals surface area contributed by atoms with Crippen LogP contribution in [-0.2, 0) is 0 Å². The van der Waals surface area contributed by atoms with Crippen molar-refractivity contribution in [2.24, 2.45) is 0 Å². The maximum atomic E-state index is 12.8.